The third-order valence-electron chi connectivity index (χ3n) is 3.65. The van der Waals surface area contributed by atoms with Gasteiger partial charge < -0.3 is 4.74 Å². The van der Waals surface area contributed by atoms with Crippen molar-refractivity contribution in [2.75, 3.05) is 7.11 Å². The first kappa shape index (κ1) is 18.0. The standard InChI is InChI=1S/C20H20O3S/c1-3-9-16(15-10-5-4-6-11-15)14-19(21)24-18-13-8-7-12-17(18)20(22)23-2/h3-8,10-13,16H,1,9,14H2,2H3. The molecule has 0 aromatic heterocycles. The summed E-state index contributed by atoms with van der Waals surface area (Å²) in [6.45, 7) is 3.79. The lowest BCUT2D eigenvalue weighted by Gasteiger charge is -2.15. The van der Waals surface area contributed by atoms with E-state index in [1.165, 1.54) is 7.11 Å². The number of hydrogen-bond donors (Lipinski definition) is 0. The molecule has 0 bridgehead atoms. The van der Waals surface area contributed by atoms with Crippen LogP contribution in [0.25, 0.3) is 0 Å². The molecule has 2 rings (SSSR count). The van der Waals surface area contributed by atoms with Crippen molar-refractivity contribution in [3.8, 4) is 0 Å². The molecule has 0 N–H and O–H groups in total. The molecule has 2 aromatic rings. The summed E-state index contributed by atoms with van der Waals surface area (Å²) in [4.78, 5) is 24.9. The molecule has 1 atom stereocenters. The molecule has 0 fully saturated rings. The van der Waals surface area contributed by atoms with Crippen molar-refractivity contribution in [3.63, 3.8) is 0 Å². The Morgan fingerprint density at radius 3 is 2.46 bits per heavy atom. The highest BCUT2D eigenvalue weighted by Crippen LogP contribution is 2.31. The van der Waals surface area contributed by atoms with E-state index in [4.69, 9.17) is 4.74 Å². The third kappa shape index (κ3) is 4.83. The first-order valence-corrected chi connectivity index (χ1v) is 8.51. The monoisotopic (exact) mass is 340 g/mol. The fraction of sp³-hybridized carbons (Fsp3) is 0.200. The number of allylic oxidation sites excluding steroid dienone is 1. The van der Waals surface area contributed by atoms with Crippen LogP contribution in [0.5, 0.6) is 0 Å². The second kappa shape index (κ2) is 9.08. The summed E-state index contributed by atoms with van der Waals surface area (Å²) in [5.74, 6) is -0.342. The van der Waals surface area contributed by atoms with Crippen molar-refractivity contribution in [2.45, 2.75) is 23.7 Å². The topological polar surface area (TPSA) is 43.4 Å². The smallest absolute Gasteiger partial charge is 0.339 e. The molecule has 0 radical (unpaired) electrons. The van der Waals surface area contributed by atoms with Crippen LogP contribution in [-0.4, -0.2) is 18.2 Å². The Morgan fingerprint density at radius 1 is 1.12 bits per heavy atom. The second-order valence-corrected chi connectivity index (χ2v) is 6.40. The van der Waals surface area contributed by atoms with Gasteiger partial charge in [-0.2, -0.15) is 0 Å². The molecule has 1 unspecified atom stereocenters. The summed E-state index contributed by atoms with van der Waals surface area (Å²) >= 11 is 1.09. The van der Waals surface area contributed by atoms with Crippen LogP contribution in [0.15, 0.2) is 72.1 Å². The molecule has 3 nitrogen and oxygen atoms in total. The molecule has 24 heavy (non-hydrogen) atoms. The SMILES string of the molecule is C=CCC(CC(=O)Sc1ccccc1C(=O)OC)c1ccccc1. The first-order valence-electron chi connectivity index (χ1n) is 7.69. The van der Waals surface area contributed by atoms with Crippen LogP contribution in [-0.2, 0) is 9.53 Å². The van der Waals surface area contributed by atoms with Gasteiger partial charge in [0.2, 0.25) is 0 Å². The molecule has 0 spiro atoms. The van der Waals surface area contributed by atoms with Gasteiger partial charge >= 0.3 is 5.97 Å². The minimum absolute atomic E-state index is 0.0158. The second-order valence-electron chi connectivity index (χ2n) is 5.30. The predicted molar refractivity (Wildman–Crippen MR) is 97.3 cm³/mol. The molecule has 0 heterocycles. The summed E-state index contributed by atoms with van der Waals surface area (Å²) in [5, 5.41) is 0.0158. The molecule has 124 valence electrons. The lowest BCUT2D eigenvalue weighted by atomic mass is 9.93. The van der Waals surface area contributed by atoms with Gasteiger partial charge in [-0.3, -0.25) is 4.79 Å². The van der Waals surface area contributed by atoms with Gasteiger partial charge in [0.15, 0.2) is 5.12 Å². The quantitative estimate of drug-likeness (QED) is 0.411. The van der Waals surface area contributed by atoms with Gasteiger partial charge in [-0.15, -0.1) is 6.58 Å². The highest BCUT2D eigenvalue weighted by Gasteiger charge is 2.19. The van der Waals surface area contributed by atoms with E-state index in [1.807, 2.05) is 36.4 Å². The summed E-state index contributed by atoms with van der Waals surface area (Å²) < 4.78 is 4.77. The van der Waals surface area contributed by atoms with Crippen molar-refractivity contribution < 1.29 is 14.3 Å². The summed E-state index contributed by atoms with van der Waals surface area (Å²) in [7, 11) is 1.33. The molecular weight excluding hydrogens is 320 g/mol. The van der Waals surface area contributed by atoms with E-state index < -0.39 is 5.97 Å². The van der Waals surface area contributed by atoms with Crippen LogP contribution in [0, 0.1) is 0 Å². The van der Waals surface area contributed by atoms with E-state index in [1.54, 1.807) is 24.3 Å². The first-order chi connectivity index (χ1) is 11.7. The molecule has 0 saturated carbocycles. The van der Waals surface area contributed by atoms with Crippen LogP contribution >= 0.6 is 11.8 Å². The molecule has 0 aliphatic rings. The molecule has 4 heteroatoms. The summed E-state index contributed by atoms with van der Waals surface area (Å²) in [6.07, 6.45) is 2.95. The Hall–Kier alpha value is -2.33. The minimum atomic E-state index is -0.434. The van der Waals surface area contributed by atoms with Crippen LogP contribution in [0.4, 0.5) is 0 Å². The number of rotatable bonds is 7. The number of carbonyl (C=O) groups excluding carboxylic acids is 2. The lowest BCUT2D eigenvalue weighted by molar-refractivity contribution is -0.111. The number of benzene rings is 2. The summed E-state index contributed by atoms with van der Waals surface area (Å²) in [6, 6.07) is 16.9. The van der Waals surface area contributed by atoms with Crippen molar-refractivity contribution in [3.05, 3.63) is 78.4 Å². The van der Waals surface area contributed by atoms with Gasteiger partial charge in [-0.25, -0.2) is 4.79 Å². The van der Waals surface area contributed by atoms with Gasteiger partial charge in [0, 0.05) is 11.3 Å². The van der Waals surface area contributed by atoms with E-state index >= 15 is 0 Å². The number of hydrogen-bond acceptors (Lipinski definition) is 4. The molecular formula is C20H20O3S. The molecule has 2 aromatic carbocycles. The van der Waals surface area contributed by atoms with Crippen molar-refractivity contribution >= 4 is 22.8 Å². The largest absolute Gasteiger partial charge is 0.465 e. The number of esters is 1. The average Bonchev–Trinajstić information content (AvgIpc) is 2.62. The van der Waals surface area contributed by atoms with E-state index in [2.05, 4.69) is 6.58 Å². The van der Waals surface area contributed by atoms with Crippen molar-refractivity contribution in [1.29, 1.82) is 0 Å². The lowest BCUT2D eigenvalue weighted by Crippen LogP contribution is -2.06. The maximum absolute atomic E-state index is 12.5. The maximum atomic E-state index is 12.5. The number of thioether (sulfide) groups is 1. The van der Waals surface area contributed by atoms with E-state index in [0.717, 1.165) is 23.7 Å². The molecule has 0 aliphatic heterocycles. The fourth-order valence-electron chi connectivity index (χ4n) is 2.46. The zero-order valence-electron chi connectivity index (χ0n) is 13.6. The number of carbonyl (C=O) groups is 2. The van der Waals surface area contributed by atoms with Crippen molar-refractivity contribution in [2.24, 2.45) is 0 Å². The number of methoxy groups -OCH3 is 1. The van der Waals surface area contributed by atoms with Gasteiger partial charge in [-0.05, 0) is 30.0 Å². The molecule has 0 aliphatic carbocycles. The minimum Gasteiger partial charge on any atom is -0.465 e. The van der Waals surface area contributed by atoms with Crippen LogP contribution in [0.3, 0.4) is 0 Å². The average molecular weight is 340 g/mol. The number of ether oxygens (including phenoxy) is 1. The fourth-order valence-corrected chi connectivity index (χ4v) is 3.40. The molecule has 0 amide bonds. The maximum Gasteiger partial charge on any atom is 0.339 e. The summed E-state index contributed by atoms with van der Waals surface area (Å²) in [5.41, 5.74) is 1.53. The molecule has 0 saturated heterocycles. The highest BCUT2D eigenvalue weighted by atomic mass is 32.2. The van der Waals surface area contributed by atoms with E-state index in [9.17, 15) is 9.59 Å². The van der Waals surface area contributed by atoms with E-state index in [0.29, 0.717) is 16.9 Å². The van der Waals surface area contributed by atoms with Gasteiger partial charge in [-0.1, -0.05) is 60.3 Å². The van der Waals surface area contributed by atoms with Gasteiger partial charge in [0.1, 0.15) is 0 Å². The Labute approximate surface area is 146 Å². The van der Waals surface area contributed by atoms with Crippen LogP contribution < -0.4 is 0 Å². The Morgan fingerprint density at radius 2 is 1.79 bits per heavy atom. The van der Waals surface area contributed by atoms with Crippen LogP contribution in [0.2, 0.25) is 0 Å². The van der Waals surface area contributed by atoms with Crippen molar-refractivity contribution in [1.82, 2.24) is 0 Å². The Balaban J connectivity index is 2.12. The Kier molecular flexibility index (Phi) is 6.82. The van der Waals surface area contributed by atoms with Gasteiger partial charge in [0.25, 0.3) is 0 Å². The van der Waals surface area contributed by atoms with Crippen LogP contribution in [0.1, 0.15) is 34.7 Å². The van der Waals surface area contributed by atoms with E-state index in [-0.39, 0.29) is 11.0 Å². The normalized spacial score (nSPS) is 11.5. The predicted octanol–water partition coefficient (Wildman–Crippen LogP) is 4.84. The van der Waals surface area contributed by atoms with Gasteiger partial charge in [0.05, 0.1) is 12.7 Å². The zero-order chi connectivity index (χ0) is 17.4. The zero-order valence-corrected chi connectivity index (χ0v) is 14.4. The Bertz CT molecular complexity index is 710. The third-order valence-corrected chi connectivity index (χ3v) is 4.62. The highest BCUT2D eigenvalue weighted by molar-refractivity contribution is 8.13.